The van der Waals surface area contributed by atoms with Crippen molar-refractivity contribution >= 4 is 17.7 Å². The fourth-order valence-corrected chi connectivity index (χ4v) is 3.38. The smallest absolute Gasteiger partial charge is 0.248 e. The standard InChI is InChI=1S/C15H13NOS/c16-15(17)12-8-7-11-6-5-10-3-1-2-4-13(10)18-14(11)9-12/h1-4,7-9H,5-6H2,(H2,16,17). The van der Waals surface area contributed by atoms with Gasteiger partial charge in [-0.15, -0.1) is 0 Å². The SMILES string of the molecule is NC(=O)c1ccc2c(c1)Sc1ccccc1CC2. The largest absolute Gasteiger partial charge is 0.366 e. The first-order valence-corrected chi connectivity index (χ1v) is 6.74. The fraction of sp³-hybridized carbons (Fsp3) is 0.133. The normalized spacial score (nSPS) is 13.3. The number of carbonyl (C=O) groups excluding carboxylic acids is 1. The van der Waals surface area contributed by atoms with E-state index >= 15 is 0 Å². The van der Waals surface area contributed by atoms with Crippen molar-refractivity contribution in [3.05, 3.63) is 59.2 Å². The molecule has 3 heteroatoms. The van der Waals surface area contributed by atoms with E-state index in [0.717, 1.165) is 17.7 Å². The molecule has 1 heterocycles. The van der Waals surface area contributed by atoms with Crippen LogP contribution in [0.15, 0.2) is 52.3 Å². The average molecular weight is 255 g/mol. The molecular formula is C15H13NOS. The summed E-state index contributed by atoms with van der Waals surface area (Å²) in [6, 6.07) is 14.2. The molecule has 0 saturated heterocycles. The van der Waals surface area contributed by atoms with E-state index < -0.39 is 0 Å². The Bertz CT molecular complexity index is 622. The van der Waals surface area contributed by atoms with Gasteiger partial charge in [0.05, 0.1) is 0 Å². The zero-order valence-electron chi connectivity index (χ0n) is 9.85. The minimum absolute atomic E-state index is 0.365. The Kier molecular flexibility index (Phi) is 2.84. The van der Waals surface area contributed by atoms with Crippen molar-refractivity contribution in [1.82, 2.24) is 0 Å². The third kappa shape index (κ3) is 2.02. The number of hydrogen-bond acceptors (Lipinski definition) is 2. The summed E-state index contributed by atoms with van der Waals surface area (Å²) < 4.78 is 0. The van der Waals surface area contributed by atoms with Gasteiger partial charge in [-0.1, -0.05) is 36.0 Å². The molecule has 3 rings (SSSR count). The lowest BCUT2D eigenvalue weighted by Crippen LogP contribution is -2.11. The lowest BCUT2D eigenvalue weighted by Gasteiger charge is -2.06. The van der Waals surface area contributed by atoms with E-state index in [9.17, 15) is 4.79 Å². The molecule has 1 aliphatic rings. The molecule has 0 atom stereocenters. The van der Waals surface area contributed by atoms with Gasteiger partial charge in [0, 0.05) is 15.4 Å². The minimum atomic E-state index is -0.365. The third-order valence-corrected chi connectivity index (χ3v) is 4.43. The van der Waals surface area contributed by atoms with Crippen molar-refractivity contribution in [3.63, 3.8) is 0 Å². The number of rotatable bonds is 1. The molecular weight excluding hydrogens is 242 g/mol. The number of primary amides is 1. The Labute approximate surface area is 110 Å². The van der Waals surface area contributed by atoms with E-state index in [4.69, 9.17) is 5.73 Å². The van der Waals surface area contributed by atoms with Crippen LogP contribution in [0.4, 0.5) is 0 Å². The van der Waals surface area contributed by atoms with Crippen LogP contribution in [0, 0.1) is 0 Å². The van der Waals surface area contributed by atoms with Crippen LogP contribution in [-0.2, 0) is 12.8 Å². The maximum absolute atomic E-state index is 11.2. The Balaban J connectivity index is 2.07. The van der Waals surface area contributed by atoms with Gasteiger partial charge in [-0.2, -0.15) is 0 Å². The summed E-state index contributed by atoms with van der Waals surface area (Å²) in [6.07, 6.45) is 2.06. The van der Waals surface area contributed by atoms with Gasteiger partial charge >= 0.3 is 0 Å². The first-order chi connectivity index (χ1) is 8.74. The maximum Gasteiger partial charge on any atom is 0.248 e. The van der Waals surface area contributed by atoms with Crippen LogP contribution in [0.2, 0.25) is 0 Å². The summed E-state index contributed by atoms with van der Waals surface area (Å²) in [5.41, 5.74) is 8.58. The molecule has 0 aliphatic carbocycles. The second kappa shape index (κ2) is 4.50. The predicted octanol–water partition coefficient (Wildman–Crippen LogP) is 3.04. The fourth-order valence-electron chi connectivity index (χ4n) is 2.21. The third-order valence-electron chi connectivity index (χ3n) is 3.21. The molecule has 2 nitrogen and oxygen atoms in total. The Morgan fingerprint density at radius 3 is 2.50 bits per heavy atom. The summed E-state index contributed by atoms with van der Waals surface area (Å²) in [4.78, 5) is 13.7. The minimum Gasteiger partial charge on any atom is -0.366 e. The van der Waals surface area contributed by atoms with Crippen molar-refractivity contribution in [3.8, 4) is 0 Å². The highest BCUT2D eigenvalue weighted by Gasteiger charge is 2.14. The van der Waals surface area contributed by atoms with E-state index in [-0.39, 0.29) is 5.91 Å². The first kappa shape index (κ1) is 11.4. The maximum atomic E-state index is 11.2. The highest BCUT2D eigenvalue weighted by molar-refractivity contribution is 7.99. The number of carbonyl (C=O) groups is 1. The van der Waals surface area contributed by atoms with Crippen LogP contribution < -0.4 is 5.73 Å². The number of benzene rings is 2. The van der Waals surface area contributed by atoms with Crippen molar-refractivity contribution in [2.45, 2.75) is 22.6 Å². The van der Waals surface area contributed by atoms with Crippen LogP contribution in [-0.4, -0.2) is 5.91 Å². The predicted molar refractivity (Wildman–Crippen MR) is 72.9 cm³/mol. The molecule has 18 heavy (non-hydrogen) atoms. The quantitative estimate of drug-likeness (QED) is 0.851. The molecule has 0 unspecified atom stereocenters. The summed E-state index contributed by atoms with van der Waals surface area (Å²) in [5, 5.41) is 0. The molecule has 0 saturated carbocycles. The lowest BCUT2D eigenvalue weighted by atomic mass is 10.0. The summed E-state index contributed by atoms with van der Waals surface area (Å²) >= 11 is 1.73. The molecule has 0 bridgehead atoms. The van der Waals surface area contributed by atoms with E-state index in [1.54, 1.807) is 11.8 Å². The van der Waals surface area contributed by atoms with Crippen LogP contribution in [0.5, 0.6) is 0 Å². The van der Waals surface area contributed by atoms with Crippen LogP contribution in [0.1, 0.15) is 21.5 Å². The second-order valence-electron chi connectivity index (χ2n) is 4.40. The monoisotopic (exact) mass is 255 g/mol. The van der Waals surface area contributed by atoms with Gasteiger partial charge in [-0.25, -0.2) is 0 Å². The number of nitrogens with two attached hydrogens (primary N) is 1. The second-order valence-corrected chi connectivity index (χ2v) is 5.48. The van der Waals surface area contributed by atoms with Gasteiger partial charge in [-0.3, -0.25) is 4.79 Å². The zero-order valence-corrected chi connectivity index (χ0v) is 10.7. The van der Waals surface area contributed by atoms with Gasteiger partial charge in [0.2, 0.25) is 5.91 Å². The van der Waals surface area contributed by atoms with Gasteiger partial charge in [0.15, 0.2) is 0 Å². The molecule has 1 aliphatic heterocycles. The van der Waals surface area contributed by atoms with Crippen molar-refractivity contribution in [2.75, 3.05) is 0 Å². The molecule has 2 N–H and O–H groups in total. The molecule has 0 radical (unpaired) electrons. The number of fused-ring (bicyclic) bond motifs is 2. The zero-order chi connectivity index (χ0) is 12.5. The molecule has 90 valence electrons. The van der Waals surface area contributed by atoms with E-state index in [1.165, 1.54) is 16.0 Å². The molecule has 0 spiro atoms. The lowest BCUT2D eigenvalue weighted by molar-refractivity contribution is 0.1000. The Hall–Kier alpha value is -1.74. The average Bonchev–Trinajstić information content (AvgIpc) is 2.56. The topological polar surface area (TPSA) is 43.1 Å². The van der Waals surface area contributed by atoms with E-state index in [1.807, 2.05) is 18.2 Å². The molecule has 0 fully saturated rings. The summed E-state index contributed by atoms with van der Waals surface area (Å²) in [5.74, 6) is -0.365. The molecule has 1 amide bonds. The molecule has 2 aromatic carbocycles. The van der Waals surface area contributed by atoms with Crippen molar-refractivity contribution in [2.24, 2.45) is 5.73 Å². The molecule has 2 aromatic rings. The number of hydrogen-bond donors (Lipinski definition) is 1. The highest BCUT2D eigenvalue weighted by atomic mass is 32.2. The summed E-state index contributed by atoms with van der Waals surface area (Å²) in [6.45, 7) is 0. The number of amides is 1. The van der Waals surface area contributed by atoms with E-state index in [0.29, 0.717) is 5.56 Å². The highest BCUT2D eigenvalue weighted by Crippen LogP contribution is 2.37. The van der Waals surface area contributed by atoms with Crippen molar-refractivity contribution < 1.29 is 4.79 Å². The summed E-state index contributed by atoms with van der Waals surface area (Å²) in [7, 11) is 0. The van der Waals surface area contributed by atoms with Gasteiger partial charge in [-0.05, 0) is 42.2 Å². The van der Waals surface area contributed by atoms with Gasteiger partial charge < -0.3 is 5.73 Å². The van der Waals surface area contributed by atoms with E-state index in [2.05, 4.69) is 24.3 Å². The van der Waals surface area contributed by atoms with Gasteiger partial charge in [0.1, 0.15) is 0 Å². The van der Waals surface area contributed by atoms with Crippen molar-refractivity contribution in [1.29, 1.82) is 0 Å². The van der Waals surface area contributed by atoms with Gasteiger partial charge in [0.25, 0.3) is 0 Å². The Morgan fingerprint density at radius 1 is 1.00 bits per heavy atom. The van der Waals surface area contributed by atoms with Crippen LogP contribution >= 0.6 is 11.8 Å². The molecule has 0 aromatic heterocycles. The number of aryl methyl sites for hydroxylation is 2. The first-order valence-electron chi connectivity index (χ1n) is 5.92. The van der Waals surface area contributed by atoms with Crippen LogP contribution in [0.3, 0.4) is 0 Å². The van der Waals surface area contributed by atoms with Crippen LogP contribution in [0.25, 0.3) is 0 Å². The Morgan fingerprint density at radius 2 is 1.72 bits per heavy atom.